The van der Waals surface area contributed by atoms with E-state index in [2.05, 4.69) is 12.2 Å². The number of aliphatic hydroxyl groups excluding tert-OH is 3. The van der Waals surface area contributed by atoms with Crippen molar-refractivity contribution >= 4 is 0 Å². The Morgan fingerprint density at radius 1 is 0.727 bits per heavy atom. The molecule has 0 aromatic heterocycles. The van der Waals surface area contributed by atoms with Gasteiger partial charge >= 0.3 is 0 Å². The summed E-state index contributed by atoms with van der Waals surface area (Å²) in [6, 6.07) is -0.0723. The molecule has 4 N–H and O–H groups in total. The van der Waals surface area contributed by atoms with E-state index in [1.54, 1.807) is 0 Å². The van der Waals surface area contributed by atoms with Crippen LogP contribution >= 0.6 is 0 Å². The number of aliphatic hydroxyl groups is 3. The first-order valence-corrected chi connectivity index (χ1v) is 9.44. The Morgan fingerprint density at radius 2 is 1.23 bits per heavy atom. The molecular weight excluding hydrogens is 278 g/mol. The quantitative estimate of drug-likeness (QED) is 0.418. The second kappa shape index (κ2) is 12.3. The van der Waals surface area contributed by atoms with Gasteiger partial charge in [-0.2, -0.15) is 0 Å². The molecule has 1 fully saturated rings. The van der Waals surface area contributed by atoms with Crippen LogP contribution < -0.4 is 5.32 Å². The first kappa shape index (κ1) is 19.9. The van der Waals surface area contributed by atoms with Gasteiger partial charge in [0.05, 0.1) is 12.2 Å². The maximum atomic E-state index is 9.90. The molecule has 4 nitrogen and oxygen atoms in total. The zero-order chi connectivity index (χ0) is 16.2. The first-order chi connectivity index (χ1) is 10.7. The summed E-state index contributed by atoms with van der Waals surface area (Å²) in [6.45, 7) is 2.63. The summed E-state index contributed by atoms with van der Waals surface area (Å²) >= 11 is 0. The molecule has 1 aliphatic heterocycles. The molecule has 0 unspecified atom stereocenters. The first-order valence-electron chi connectivity index (χ1n) is 9.44. The highest BCUT2D eigenvalue weighted by Crippen LogP contribution is 2.17. The minimum Gasteiger partial charge on any atom is -0.389 e. The number of β-amino-alcohol motifs (C(OH)–C–C–N with tert-alkyl or cyclic N) is 1. The van der Waals surface area contributed by atoms with Crippen LogP contribution in [-0.2, 0) is 0 Å². The molecule has 0 spiro atoms. The zero-order valence-corrected chi connectivity index (χ0v) is 14.3. The highest BCUT2D eigenvalue weighted by molar-refractivity contribution is 4.91. The average molecular weight is 315 g/mol. The van der Waals surface area contributed by atoms with Crippen molar-refractivity contribution in [1.29, 1.82) is 0 Å². The van der Waals surface area contributed by atoms with Crippen LogP contribution in [-0.4, -0.2) is 46.2 Å². The van der Waals surface area contributed by atoms with Crippen LogP contribution in [0.5, 0.6) is 0 Å². The van der Waals surface area contributed by atoms with Gasteiger partial charge in [-0.15, -0.1) is 0 Å². The van der Waals surface area contributed by atoms with Gasteiger partial charge in [0.2, 0.25) is 0 Å². The Labute approximate surface area is 136 Å². The van der Waals surface area contributed by atoms with E-state index in [0.717, 1.165) is 12.8 Å². The van der Waals surface area contributed by atoms with E-state index in [-0.39, 0.29) is 6.04 Å². The third-order valence-electron chi connectivity index (χ3n) is 4.86. The van der Waals surface area contributed by atoms with Crippen molar-refractivity contribution in [3.8, 4) is 0 Å². The molecule has 0 aromatic carbocycles. The maximum Gasteiger partial charge on any atom is 0.108 e. The fourth-order valence-corrected chi connectivity index (χ4v) is 3.28. The van der Waals surface area contributed by atoms with Crippen LogP contribution in [0.4, 0.5) is 0 Å². The average Bonchev–Trinajstić information content (AvgIpc) is 2.52. The van der Waals surface area contributed by atoms with Crippen molar-refractivity contribution < 1.29 is 15.3 Å². The van der Waals surface area contributed by atoms with Crippen molar-refractivity contribution in [2.45, 2.75) is 108 Å². The van der Waals surface area contributed by atoms with Crippen LogP contribution in [0.25, 0.3) is 0 Å². The molecular formula is C18H37NO3. The van der Waals surface area contributed by atoms with Gasteiger partial charge < -0.3 is 20.6 Å². The number of hydrogen-bond acceptors (Lipinski definition) is 4. The van der Waals surface area contributed by atoms with Gasteiger partial charge in [-0.1, -0.05) is 77.6 Å². The summed E-state index contributed by atoms with van der Waals surface area (Å²) in [5.41, 5.74) is 0. The van der Waals surface area contributed by atoms with Gasteiger partial charge in [0.25, 0.3) is 0 Å². The van der Waals surface area contributed by atoms with Crippen LogP contribution in [0.2, 0.25) is 0 Å². The van der Waals surface area contributed by atoms with Gasteiger partial charge in [-0.05, 0) is 6.42 Å². The van der Waals surface area contributed by atoms with Gasteiger partial charge in [-0.25, -0.2) is 0 Å². The fourth-order valence-electron chi connectivity index (χ4n) is 3.28. The maximum absolute atomic E-state index is 9.90. The van der Waals surface area contributed by atoms with Gasteiger partial charge in [0.15, 0.2) is 0 Å². The summed E-state index contributed by atoms with van der Waals surface area (Å²) < 4.78 is 0. The molecule has 22 heavy (non-hydrogen) atoms. The highest BCUT2D eigenvalue weighted by atomic mass is 16.4. The lowest BCUT2D eigenvalue weighted by molar-refractivity contribution is -0.0952. The molecule has 1 aliphatic rings. The van der Waals surface area contributed by atoms with Crippen molar-refractivity contribution in [1.82, 2.24) is 5.32 Å². The van der Waals surface area contributed by atoms with Crippen LogP contribution in [0, 0.1) is 0 Å². The second-order valence-corrected chi connectivity index (χ2v) is 6.89. The van der Waals surface area contributed by atoms with Crippen molar-refractivity contribution in [3.05, 3.63) is 0 Å². The Balaban J connectivity index is 1.89. The summed E-state index contributed by atoms with van der Waals surface area (Å²) in [7, 11) is 0. The molecule has 4 atom stereocenters. The van der Waals surface area contributed by atoms with Gasteiger partial charge in [0, 0.05) is 12.6 Å². The van der Waals surface area contributed by atoms with E-state index in [1.165, 1.54) is 64.2 Å². The van der Waals surface area contributed by atoms with E-state index < -0.39 is 18.3 Å². The van der Waals surface area contributed by atoms with Crippen molar-refractivity contribution in [2.75, 3.05) is 6.54 Å². The normalized spacial score (nSPS) is 28.9. The molecule has 4 heteroatoms. The molecule has 1 rings (SSSR count). The minimum absolute atomic E-state index is 0.0723. The fraction of sp³-hybridized carbons (Fsp3) is 1.00. The molecule has 0 aromatic rings. The van der Waals surface area contributed by atoms with E-state index in [4.69, 9.17) is 0 Å². The Hall–Kier alpha value is -0.160. The Morgan fingerprint density at radius 3 is 1.77 bits per heavy atom. The van der Waals surface area contributed by atoms with Crippen LogP contribution in [0.3, 0.4) is 0 Å². The standard InChI is InChI=1S/C18H37NO3/c1-2-3-4-5-6-7-8-9-10-11-12-13-15-17(21)18(22)16(20)14-19-15/h15-22H,2-14H2,1H3/t15-,16-,17-,18-/m1/s1. The molecule has 1 heterocycles. The van der Waals surface area contributed by atoms with Gasteiger partial charge in [-0.3, -0.25) is 0 Å². The van der Waals surface area contributed by atoms with Crippen LogP contribution in [0.1, 0.15) is 84.0 Å². The molecule has 0 saturated carbocycles. The Kier molecular flexibility index (Phi) is 11.1. The predicted molar refractivity (Wildman–Crippen MR) is 90.9 cm³/mol. The minimum atomic E-state index is -1.00. The summed E-state index contributed by atoms with van der Waals surface area (Å²) in [4.78, 5) is 0. The van der Waals surface area contributed by atoms with E-state index in [0.29, 0.717) is 6.54 Å². The highest BCUT2D eigenvalue weighted by Gasteiger charge is 2.35. The number of unbranched alkanes of at least 4 members (excludes halogenated alkanes) is 10. The predicted octanol–water partition coefficient (Wildman–Crippen LogP) is 2.74. The summed E-state index contributed by atoms with van der Waals surface area (Å²) in [5, 5.41) is 32.1. The third-order valence-corrected chi connectivity index (χ3v) is 4.86. The summed E-state index contributed by atoms with van der Waals surface area (Å²) in [5.74, 6) is 0. The molecule has 0 amide bonds. The summed E-state index contributed by atoms with van der Waals surface area (Å²) in [6.07, 6.45) is 12.6. The lowest BCUT2D eigenvalue weighted by Gasteiger charge is -2.36. The number of nitrogens with one attached hydrogen (secondary N) is 1. The van der Waals surface area contributed by atoms with E-state index in [1.807, 2.05) is 0 Å². The smallest absolute Gasteiger partial charge is 0.108 e. The SMILES string of the molecule is CCCCCCCCCCCCC[C@H]1NC[C@@H](O)[C@@H](O)[C@@H]1O. The lowest BCUT2D eigenvalue weighted by atomic mass is 9.92. The van der Waals surface area contributed by atoms with Gasteiger partial charge in [0.1, 0.15) is 6.10 Å². The van der Waals surface area contributed by atoms with Crippen molar-refractivity contribution in [2.24, 2.45) is 0 Å². The van der Waals surface area contributed by atoms with Crippen molar-refractivity contribution in [3.63, 3.8) is 0 Å². The molecule has 1 saturated heterocycles. The van der Waals surface area contributed by atoms with E-state index >= 15 is 0 Å². The topological polar surface area (TPSA) is 72.7 Å². The molecule has 0 radical (unpaired) electrons. The zero-order valence-electron chi connectivity index (χ0n) is 14.3. The van der Waals surface area contributed by atoms with E-state index in [9.17, 15) is 15.3 Å². The third kappa shape index (κ3) is 7.91. The number of piperidine rings is 1. The lowest BCUT2D eigenvalue weighted by Crippen LogP contribution is -2.59. The number of rotatable bonds is 12. The largest absolute Gasteiger partial charge is 0.389 e. The molecule has 0 aliphatic carbocycles. The second-order valence-electron chi connectivity index (χ2n) is 6.89. The Bertz CT molecular complexity index is 263. The monoisotopic (exact) mass is 315 g/mol. The molecule has 0 bridgehead atoms. The molecule has 132 valence electrons. The number of hydrogen-bond donors (Lipinski definition) is 4. The van der Waals surface area contributed by atoms with Crippen LogP contribution in [0.15, 0.2) is 0 Å².